The van der Waals surface area contributed by atoms with E-state index in [0.717, 1.165) is 16.8 Å². The van der Waals surface area contributed by atoms with Crippen molar-refractivity contribution < 1.29 is 41.0 Å². The van der Waals surface area contributed by atoms with Gasteiger partial charge in [-0.2, -0.15) is 4.68 Å². The number of rotatable bonds is 13. The number of fused-ring (bicyclic) bond motifs is 1. The first kappa shape index (κ1) is 34.3. The van der Waals surface area contributed by atoms with Crippen molar-refractivity contribution in [2.45, 2.75) is 29.7 Å². The van der Waals surface area contributed by atoms with E-state index in [1.54, 1.807) is 32.2 Å². The van der Waals surface area contributed by atoms with Gasteiger partial charge in [0, 0.05) is 37.2 Å². The van der Waals surface area contributed by atoms with Gasteiger partial charge >= 0.3 is 6.09 Å². The Labute approximate surface area is 265 Å². The van der Waals surface area contributed by atoms with E-state index in [9.17, 15) is 26.8 Å². The number of sulfone groups is 1. The number of likely N-dealkylation sites (N-methyl/N-ethyl adjacent to an activating group) is 1. The van der Waals surface area contributed by atoms with Gasteiger partial charge in [-0.3, -0.25) is 4.79 Å². The minimum absolute atomic E-state index is 0.0249. The van der Waals surface area contributed by atoms with E-state index in [-0.39, 0.29) is 39.8 Å². The standard InChI is InChI=1S/C31H35F2N5O7S/c1-6-44-31(40)38-28-10-8-23(46(41,42)24-14-20(32)13-21(33)15-24)17-26(28)29(36-38)35-30(39)25-9-7-22(45-12-11-37(3)4)16-27(25)34-19(2)18-43-5/h7-10,13-17,19,34H,6,11-12,18H2,1-5H3,(H,35,36,39). The number of nitrogens with zero attached hydrogens (tertiary/aromatic N) is 3. The van der Waals surface area contributed by atoms with E-state index >= 15 is 0 Å². The molecule has 0 aliphatic carbocycles. The minimum atomic E-state index is -4.42. The molecule has 15 heteroatoms. The number of aromatic nitrogens is 2. The van der Waals surface area contributed by atoms with E-state index in [1.807, 2.05) is 25.9 Å². The highest BCUT2D eigenvalue weighted by Crippen LogP contribution is 2.31. The van der Waals surface area contributed by atoms with E-state index in [1.165, 1.54) is 6.07 Å². The van der Waals surface area contributed by atoms with Gasteiger partial charge in [-0.1, -0.05) is 0 Å². The Balaban J connectivity index is 1.77. The molecule has 0 saturated heterocycles. The molecule has 0 spiro atoms. The van der Waals surface area contributed by atoms with Gasteiger partial charge in [0.2, 0.25) is 9.84 Å². The second kappa shape index (κ2) is 14.7. The van der Waals surface area contributed by atoms with Crippen molar-refractivity contribution in [2.24, 2.45) is 0 Å². The molecule has 0 aliphatic rings. The Morgan fingerprint density at radius 2 is 1.74 bits per heavy atom. The summed E-state index contributed by atoms with van der Waals surface area (Å²) in [5.74, 6) is -2.41. The van der Waals surface area contributed by atoms with Gasteiger partial charge in [-0.25, -0.2) is 22.0 Å². The monoisotopic (exact) mass is 659 g/mol. The molecule has 1 aromatic heterocycles. The molecule has 0 fully saturated rings. The SMILES string of the molecule is CCOC(=O)n1nc(NC(=O)c2ccc(OCCN(C)C)cc2NC(C)COC)c2cc(S(=O)(=O)c3cc(F)cc(F)c3)ccc21. The van der Waals surface area contributed by atoms with Gasteiger partial charge < -0.3 is 29.7 Å². The highest BCUT2D eigenvalue weighted by molar-refractivity contribution is 7.91. The molecule has 2 N–H and O–H groups in total. The van der Waals surface area contributed by atoms with E-state index in [4.69, 9.17) is 14.2 Å². The molecule has 46 heavy (non-hydrogen) atoms. The average molecular weight is 660 g/mol. The van der Waals surface area contributed by atoms with Gasteiger partial charge in [0.15, 0.2) is 5.82 Å². The highest BCUT2D eigenvalue weighted by Gasteiger charge is 2.25. The van der Waals surface area contributed by atoms with Gasteiger partial charge in [0.25, 0.3) is 5.91 Å². The fourth-order valence-electron chi connectivity index (χ4n) is 4.51. The number of amides is 1. The van der Waals surface area contributed by atoms with Crippen LogP contribution in [0.3, 0.4) is 0 Å². The zero-order valence-electron chi connectivity index (χ0n) is 26.0. The summed E-state index contributed by atoms with van der Waals surface area (Å²) in [6.07, 6.45) is -0.870. The van der Waals surface area contributed by atoms with Crippen LogP contribution in [0.2, 0.25) is 0 Å². The van der Waals surface area contributed by atoms with Crippen molar-refractivity contribution in [3.8, 4) is 5.75 Å². The Morgan fingerprint density at radius 3 is 2.39 bits per heavy atom. The van der Waals surface area contributed by atoms with Crippen molar-refractivity contribution >= 4 is 44.2 Å². The van der Waals surface area contributed by atoms with E-state index < -0.39 is 38.4 Å². The molecule has 0 aliphatic heterocycles. The predicted octanol–water partition coefficient (Wildman–Crippen LogP) is 4.79. The maximum atomic E-state index is 13.9. The second-order valence-corrected chi connectivity index (χ2v) is 12.5. The van der Waals surface area contributed by atoms with Crippen molar-refractivity contribution in [3.63, 3.8) is 0 Å². The van der Waals surface area contributed by atoms with Crippen LogP contribution in [0.5, 0.6) is 5.75 Å². The number of methoxy groups -OCH3 is 1. The summed E-state index contributed by atoms with van der Waals surface area (Å²) >= 11 is 0. The first-order valence-corrected chi connectivity index (χ1v) is 15.7. The third-order valence-corrected chi connectivity index (χ3v) is 8.37. The second-order valence-electron chi connectivity index (χ2n) is 10.6. The maximum Gasteiger partial charge on any atom is 0.435 e. The topological polar surface area (TPSA) is 141 Å². The van der Waals surface area contributed by atoms with E-state index in [2.05, 4.69) is 15.7 Å². The summed E-state index contributed by atoms with van der Waals surface area (Å²) in [5, 5.41) is 10.2. The van der Waals surface area contributed by atoms with Crippen LogP contribution < -0.4 is 15.4 Å². The maximum absolute atomic E-state index is 13.9. The largest absolute Gasteiger partial charge is 0.492 e. The first-order valence-electron chi connectivity index (χ1n) is 14.2. The number of hydrogen-bond acceptors (Lipinski definition) is 10. The number of benzene rings is 3. The van der Waals surface area contributed by atoms with Gasteiger partial charge in [0.05, 0.1) is 39.8 Å². The number of carbonyl (C=O) groups is 2. The summed E-state index contributed by atoms with van der Waals surface area (Å²) in [6.45, 7) is 4.92. The van der Waals surface area contributed by atoms with Crippen LogP contribution in [0.15, 0.2) is 64.4 Å². The van der Waals surface area contributed by atoms with Gasteiger partial charge in [-0.15, -0.1) is 5.10 Å². The molecule has 12 nitrogen and oxygen atoms in total. The molecule has 1 atom stereocenters. The molecule has 0 radical (unpaired) electrons. The molecule has 1 heterocycles. The number of halogens is 2. The molecular weight excluding hydrogens is 624 g/mol. The van der Waals surface area contributed by atoms with E-state index in [0.29, 0.717) is 49.4 Å². The van der Waals surface area contributed by atoms with Crippen LogP contribution in [0.25, 0.3) is 10.9 Å². The fourth-order valence-corrected chi connectivity index (χ4v) is 5.84. The van der Waals surface area contributed by atoms with Gasteiger partial charge in [-0.05, 0) is 70.4 Å². The minimum Gasteiger partial charge on any atom is -0.492 e. The van der Waals surface area contributed by atoms with Crippen LogP contribution in [-0.2, 0) is 19.3 Å². The van der Waals surface area contributed by atoms with Gasteiger partial charge in [0.1, 0.15) is 24.0 Å². The number of anilines is 2. The van der Waals surface area contributed by atoms with Crippen molar-refractivity contribution in [1.82, 2.24) is 14.7 Å². The van der Waals surface area contributed by atoms with Crippen molar-refractivity contribution in [3.05, 3.63) is 71.8 Å². The van der Waals surface area contributed by atoms with Crippen LogP contribution in [0.4, 0.5) is 25.1 Å². The fraction of sp³-hybridized carbons (Fsp3) is 0.323. The lowest BCUT2D eigenvalue weighted by molar-refractivity contribution is 0.102. The smallest absolute Gasteiger partial charge is 0.435 e. The lowest BCUT2D eigenvalue weighted by atomic mass is 10.1. The summed E-state index contributed by atoms with van der Waals surface area (Å²) < 4.78 is 71.5. The predicted molar refractivity (Wildman–Crippen MR) is 167 cm³/mol. The summed E-state index contributed by atoms with van der Waals surface area (Å²) in [6, 6.07) is 10.2. The Morgan fingerprint density at radius 1 is 1.02 bits per heavy atom. The summed E-state index contributed by atoms with van der Waals surface area (Å²) in [5.41, 5.74) is 0.741. The Bertz CT molecular complexity index is 1830. The molecular formula is C31H35F2N5O7S. The van der Waals surface area contributed by atoms with Crippen LogP contribution in [-0.4, -0.2) is 88.7 Å². The quantitative estimate of drug-likeness (QED) is 0.206. The first-order chi connectivity index (χ1) is 21.8. The number of nitrogens with one attached hydrogen (secondary N) is 2. The number of ether oxygens (including phenoxy) is 3. The lowest BCUT2D eigenvalue weighted by Crippen LogP contribution is -2.24. The number of hydrogen-bond donors (Lipinski definition) is 2. The number of carbonyl (C=O) groups excluding carboxylic acids is 2. The summed E-state index contributed by atoms with van der Waals surface area (Å²) in [7, 11) is 0.969. The molecule has 0 saturated carbocycles. The third kappa shape index (κ3) is 7.97. The molecule has 1 unspecified atom stereocenters. The molecule has 0 bridgehead atoms. The van der Waals surface area contributed by atoms with Crippen LogP contribution in [0.1, 0.15) is 24.2 Å². The van der Waals surface area contributed by atoms with Crippen molar-refractivity contribution in [2.75, 3.05) is 58.2 Å². The zero-order chi connectivity index (χ0) is 33.6. The van der Waals surface area contributed by atoms with Crippen molar-refractivity contribution in [1.29, 1.82) is 0 Å². The van der Waals surface area contributed by atoms with Crippen LogP contribution in [0, 0.1) is 11.6 Å². The molecule has 4 rings (SSSR count). The Hall–Kier alpha value is -4.60. The normalized spacial score (nSPS) is 12.3. The molecule has 4 aromatic rings. The molecule has 1 amide bonds. The molecule has 3 aromatic carbocycles. The summed E-state index contributed by atoms with van der Waals surface area (Å²) in [4.78, 5) is 27.5. The highest BCUT2D eigenvalue weighted by atomic mass is 32.2. The van der Waals surface area contributed by atoms with Crippen LogP contribution >= 0.6 is 0 Å². The zero-order valence-corrected chi connectivity index (χ0v) is 26.8. The third-order valence-electron chi connectivity index (χ3n) is 6.64. The average Bonchev–Trinajstić information content (AvgIpc) is 3.34. The lowest BCUT2D eigenvalue weighted by Gasteiger charge is -2.19. The Kier molecular flexibility index (Phi) is 10.9. The molecule has 246 valence electrons.